The molecule has 0 saturated carbocycles. The van der Waals surface area contributed by atoms with Crippen LogP contribution in [-0.2, 0) is 16.4 Å². The van der Waals surface area contributed by atoms with E-state index in [1.54, 1.807) is 24.4 Å². The van der Waals surface area contributed by atoms with Gasteiger partial charge in [-0.1, -0.05) is 12.1 Å². The summed E-state index contributed by atoms with van der Waals surface area (Å²) >= 11 is 0. The summed E-state index contributed by atoms with van der Waals surface area (Å²) in [5, 5.41) is 11.5. The summed E-state index contributed by atoms with van der Waals surface area (Å²) in [6.45, 7) is 6.80. The van der Waals surface area contributed by atoms with E-state index in [0.717, 1.165) is 17.8 Å². The van der Waals surface area contributed by atoms with Crippen molar-refractivity contribution in [1.29, 1.82) is 0 Å². The zero-order chi connectivity index (χ0) is 17.8. The first-order valence-electron chi connectivity index (χ1n) is 7.60. The van der Waals surface area contributed by atoms with Crippen LogP contribution in [0.5, 0.6) is 0 Å². The average molecular weight is 349 g/mol. The molecule has 7 nitrogen and oxygen atoms in total. The largest absolute Gasteiger partial charge is 0.370 e. The molecule has 0 radical (unpaired) electrons. The molecule has 1 aromatic carbocycles. The van der Waals surface area contributed by atoms with E-state index in [1.165, 1.54) is 12.1 Å². The molecule has 0 fully saturated rings. The molecular formula is C16H23N5O2S. The molecule has 1 aromatic heterocycles. The van der Waals surface area contributed by atoms with E-state index < -0.39 is 10.0 Å². The predicted octanol–water partition coefficient (Wildman–Crippen LogP) is 1.99. The standard InChI is InChI=1S/C16H23N5O2S/c1-16(2,3)21-15-19-11-9-14(20-15)18-10-8-12-4-6-13(7-5-12)24(17,22)23/h4-7,9,11H,8,10H2,1-3H3,(H2,17,22,23)(H2,18,19,20,21). The highest BCUT2D eigenvalue weighted by Crippen LogP contribution is 2.12. The first kappa shape index (κ1) is 18.2. The molecule has 2 rings (SSSR count). The third-order valence-corrected chi connectivity index (χ3v) is 4.04. The first-order valence-corrected chi connectivity index (χ1v) is 9.15. The fourth-order valence-electron chi connectivity index (χ4n) is 2.03. The number of aromatic nitrogens is 2. The zero-order valence-electron chi connectivity index (χ0n) is 14.1. The Labute approximate surface area is 142 Å². The quantitative estimate of drug-likeness (QED) is 0.736. The van der Waals surface area contributed by atoms with Crippen molar-refractivity contribution in [3.8, 4) is 0 Å². The van der Waals surface area contributed by atoms with Crippen LogP contribution in [0.15, 0.2) is 41.4 Å². The number of nitrogens with two attached hydrogens (primary N) is 1. The van der Waals surface area contributed by atoms with Crippen LogP contribution >= 0.6 is 0 Å². The van der Waals surface area contributed by atoms with Crippen molar-refractivity contribution in [2.24, 2.45) is 5.14 Å². The predicted molar refractivity (Wildman–Crippen MR) is 95.4 cm³/mol. The van der Waals surface area contributed by atoms with Crippen LogP contribution in [0.4, 0.5) is 11.8 Å². The lowest BCUT2D eigenvalue weighted by Gasteiger charge is -2.20. The van der Waals surface area contributed by atoms with Crippen LogP contribution < -0.4 is 15.8 Å². The molecular weight excluding hydrogens is 326 g/mol. The van der Waals surface area contributed by atoms with E-state index in [2.05, 4.69) is 20.6 Å². The summed E-state index contributed by atoms with van der Waals surface area (Å²) in [4.78, 5) is 8.72. The fraction of sp³-hybridized carbons (Fsp3) is 0.375. The number of benzene rings is 1. The summed E-state index contributed by atoms with van der Waals surface area (Å²) in [5.74, 6) is 1.31. The van der Waals surface area contributed by atoms with Crippen LogP contribution in [0.2, 0.25) is 0 Å². The molecule has 0 amide bonds. The minimum Gasteiger partial charge on any atom is -0.370 e. The number of hydrogen-bond donors (Lipinski definition) is 3. The van der Waals surface area contributed by atoms with Crippen molar-refractivity contribution < 1.29 is 8.42 Å². The maximum absolute atomic E-state index is 11.2. The first-order chi connectivity index (χ1) is 11.1. The second-order valence-corrected chi connectivity index (χ2v) is 8.07. The van der Waals surface area contributed by atoms with Gasteiger partial charge in [0.05, 0.1) is 4.90 Å². The lowest BCUT2D eigenvalue weighted by Crippen LogP contribution is -2.27. The van der Waals surface area contributed by atoms with E-state index in [4.69, 9.17) is 5.14 Å². The molecule has 0 saturated heterocycles. The molecule has 0 spiro atoms. The number of primary sulfonamides is 1. The smallest absolute Gasteiger partial charge is 0.238 e. The Balaban J connectivity index is 1.91. The maximum atomic E-state index is 11.2. The van der Waals surface area contributed by atoms with Gasteiger partial charge in [0.2, 0.25) is 16.0 Å². The summed E-state index contributed by atoms with van der Waals surface area (Å²) < 4.78 is 22.4. The summed E-state index contributed by atoms with van der Waals surface area (Å²) in [5.41, 5.74) is 0.904. The normalized spacial score (nSPS) is 12.0. The zero-order valence-corrected chi connectivity index (χ0v) is 14.9. The Morgan fingerprint density at radius 2 is 1.79 bits per heavy atom. The van der Waals surface area contributed by atoms with E-state index in [-0.39, 0.29) is 10.4 Å². The summed E-state index contributed by atoms with van der Waals surface area (Å²) in [7, 11) is -3.64. The van der Waals surface area contributed by atoms with Gasteiger partial charge >= 0.3 is 0 Å². The maximum Gasteiger partial charge on any atom is 0.238 e. The van der Waals surface area contributed by atoms with Crippen LogP contribution in [-0.4, -0.2) is 30.5 Å². The Morgan fingerprint density at radius 1 is 1.12 bits per heavy atom. The number of nitrogens with zero attached hydrogens (tertiary/aromatic N) is 2. The monoisotopic (exact) mass is 349 g/mol. The lowest BCUT2D eigenvalue weighted by atomic mass is 10.1. The highest BCUT2D eigenvalue weighted by atomic mass is 32.2. The minimum atomic E-state index is -3.64. The van der Waals surface area contributed by atoms with Gasteiger partial charge in [0.1, 0.15) is 5.82 Å². The highest BCUT2D eigenvalue weighted by molar-refractivity contribution is 7.89. The molecule has 2 aromatic rings. The minimum absolute atomic E-state index is 0.107. The molecule has 0 atom stereocenters. The van der Waals surface area contributed by atoms with Crippen molar-refractivity contribution in [3.63, 3.8) is 0 Å². The molecule has 8 heteroatoms. The van der Waals surface area contributed by atoms with Gasteiger partial charge in [0, 0.05) is 18.3 Å². The van der Waals surface area contributed by atoms with Crippen molar-refractivity contribution in [1.82, 2.24) is 9.97 Å². The van der Waals surface area contributed by atoms with Gasteiger partial charge < -0.3 is 10.6 Å². The van der Waals surface area contributed by atoms with Crippen molar-refractivity contribution in [2.75, 3.05) is 17.2 Å². The van der Waals surface area contributed by atoms with Crippen LogP contribution in [0.3, 0.4) is 0 Å². The van der Waals surface area contributed by atoms with Gasteiger partial charge in [0.15, 0.2) is 0 Å². The van der Waals surface area contributed by atoms with E-state index in [0.29, 0.717) is 12.5 Å². The van der Waals surface area contributed by atoms with Crippen LogP contribution in [0.1, 0.15) is 26.3 Å². The van der Waals surface area contributed by atoms with Gasteiger partial charge in [-0.05, 0) is 51.0 Å². The second kappa shape index (κ2) is 7.14. The van der Waals surface area contributed by atoms with Crippen molar-refractivity contribution in [2.45, 2.75) is 37.6 Å². The summed E-state index contributed by atoms with van der Waals surface area (Å²) in [6, 6.07) is 8.35. The molecule has 0 unspecified atom stereocenters. The molecule has 0 aliphatic heterocycles. The van der Waals surface area contributed by atoms with Gasteiger partial charge in [-0.2, -0.15) is 4.98 Å². The molecule has 4 N–H and O–H groups in total. The van der Waals surface area contributed by atoms with Crippen LogP contribution in [0.25, 0.3) is 0 Å². The Bertz CT molecular complexity index is 783. The van der Waals surface area contributed by atoms with E-state index in [9.17, 15) is 8.42 Å². The molecule has 24 heavy (non-hydrogen) atoms. The van der Waals surface area contributed by atoms with Crippen molar-refractivity contribution in [3.05, 3.63) is 42.1 Å². The summed E-state index contributed by atoms with van der Waals surface area (Å²) in [6.07, 6.45) is 2.43. The number of nitrogens with one attached hydrogen (secondary N) is 2. The van der Waals surface area contributed by atoms with E-state index >= 15 is 0 Å². The average Bonchev–Trinajstić information content (AvgIpc) is 2.45. The highest BCUT2D eigenvalue weighted by Gasteiger charge is 2.11. The molecule has 0 bridgehead atoms. The topological polar surface area (TPSA) is 110 Å². The van der Waals surface area contributed by atoms with Gasteiger partial charge in [-0.25, -0.2) is 18.5 Å². The lowest BCUT2D eigenvalue weighted by molar-refractivity contribution is 0.597. The van der Waals surface area contributed by atoms with Gasteiger partial charge in [0.25, 0.3) is 0 Å². The van der Waals surface area contributed by atoms with Gasteiger partial charge in [-0.15, -0.1) is 0 Å². The van der Waals surface area contributed by atoms with Crippen molar-refractivity contribution >= 4 is 21.8 Å². The molecule has 130 valence electrons. The number of anilines is 2. The number of sulfonamides is 1. The van der Waals surface area contributed by atoms with E-state index in [1.807, 2.05) is 20.8 Å². The third-order valence-electron chi connectivity index (χ3n) is 3.11. The number of hydrogen-bond acceptors (Lipinski definition) is 6. The Morgan fingerprint density at radius 3 is 2.38 bits per heavy atom. The fourth-order valence-corrected chi connectivity index (χ4v) is 2.55. The van der Waals surface area contributed by atoms with Gasteiger partial charge in [-0.3, -0.25) is 0 Å². The van der Waals surface area contributed by atoms with Crippen LogP contribution in [0, 0.1) is 0 Å². The molecule has 0 aliphatic carbocycles. The second-order valence-electron chi connectivity index (χ2n) is 6.51. The Hall–Kier alpha value is -2.19. The Kier molecular flexibility index (Phi) is 5.40. The molecule has 0 aliphatic rings. The molecule has 1 heterocycles. The SMILES string of the molecule is CC(C)(C)Nc1nccc(NCCc2ccc(S(N)(=O)=O)cc2)n1. The third kappa shape index (κ3) is 5.78. The number of rotatable bonds is 6.